The number of piperidine rings is 1. The largest absolute Gasteiger partial charge is 0.337 e. The van der Waals surface area contributed by atoms with Gasteiger partial charge in [0.05, 0.1) is 6.21 Å². The smallest absolute Gasteiger partial charge is 0.273 e. The lowest BCUT2D eigenvalue weighted by atomic mass is 9.89. The Hall–Kier alpha value is -1.52. The Balaban J connectivity index is 2.62. The molecule has 1 heterocycles. The van der Waals surface area contributed by atoms with E-state index in [4.69, 9.17) is 0 Å². The second-order valence-corrected chi connectivity index (χ2v) is 4.76. The molecule has 0 saturated carbocycles. The van der Waals surface area contributed by atoms with Crippen molar-refractivity contribution < 1.29 is 9.18 Å². The van der Waals surface area contributed by atoms with Gasteiger partial charge in [0.1, 0.15) is 11.4 Å². The number of nitrogens with zero attached hydrogens (tertiary/aromatic N) is 3. The molecule has 5 heteroatoms. The van der Waals surface area contributed by atoms with E-state index in [0.29, 0.717) is 32.4 Å². The molecule has 1 saturated heterocycles. The van der Waals surface area contributed by atoms with Gasteiger partial charge in [-0.1, -0.05) is 19.9 Å². The first-order valence-corrected chi connectivity index (χ1v) is 6.65. The van der Waals surface area contributed by atoms with Crippen LogP contribution >= 0.6 is 0 Å². The molecule has 1 fully saturated rings. The summed E-state index contributed by atoms with van der Waals surface area (Å²) in [6.07, 6.45) is 4.95. The van der Waals surface area contributed by atoms with Crippen LogP contribution in [0.25, 0.3) is 0 Å². The molecule has 0 N–H and O–H groups in total. The molecule has 1 aliphatic rings. The van der Waals surface area contributed by atoms with Crippen LogP contribution < -0.4 is 0 Å². The van der Waals surface area contributed by atoms with Gasteiger partial charge < -0.3 is 4.90 Å². The summed E-state index contributed by atoms with van der Waals surface area (Å²) in [5.41, 5.74) is -0.827. The SMILES string of the molecule is C=CN=CC(=NC)C(=O)N1CCC(F)(CCC)CC1. The molecule has 0 aromatic heterocycles. The highest BCUT2D eigenvalue weighted by molar-refractivity contribution is 6.60. The maximum absolute atomic E-state index is 14.3. The zero-order valence-corrected chi connectivity index (χ0v) is 11.7. The molecule has 0 radical (unpaired) electrons. The van der Waals surface area contributed by atoms with Crippen LogP contribution in [0.3, 0.4) is 0 Å². The first kappa shape index (κ1) is 15.5. The molecule has 0 aromatic rings. The van der Waals surface area contributed by atoms with Gasteiger partial charge in [-0.05, 0) is 19.3 Å². The fraction of sp³-hybridized carbons (Fsp3) is 0.643. The molecule has 0 aliphatic carbocycles. The van der Waals surface area contributed by atoms with Gasteiger partial charge in [0.15, 0.2) is 0 Å². The average Bonchev–Trinajstić information content (AvgIpc) is 2.40. The van der Waals surface area contributed by atoms with Gasteiger partial charge >= 0.3 is 0 Å². The van der Waals surface area contributed by atoms with E-state index in [9.17, 15) is 9.18 Å². The zero-order valence-electron chi connectivity index (χ0n) is 11.7. The fourth-order valence-electron chi connectivity index (χ4n) is 2.30. The van der Waals surface area contributed by atoms with Crippen molar-refractivity contribution in [2.45, 2.75) is 38.3 Å². The number of hydrogen-bond donors (Lipinski definition) is 0. The van der Waals surface area contributed by atoms with E-state index in [1.807, 2.05) is 6.92 Å². The number of halogens is 1. The lowest BCUT2D eigenvalue weighted by Gasteiger charge is -2.36. The van der Waals surface area contributed by atoms with Crippen molar-refractivity contribution in [3.05, 3.63) is 12.8 Å². The Labute approximate surface area is 114 Å². The number of carbonyl (C=O) groups excluding carboxylic acids is 1. The van der Waals surface area contributed by atoms with Gasteiger partial charge in [0.2, 0.25) is 0 Å². The Kier molecular flexibility index (Phi) is 5.86. The summed E-state index contributed by atoms with van der Waals surface area (Å²) in [5, 5.41) is 0. The summed E-state index contributed by atoms with van der Waals surface area (Å²) in [4.78, 5) is 21.5. The van der Waals surface area contributed by atoms with E-state index in [-0.39, 0.29) is 11.6 Å². The molecule has 106 valence electrons. The van der Waals surface area contributed by atoms with Gasteiger partial charge in [-0.3, -0.25) is 14.8 Å². The van der Waals surface area contributed by atoms with Crippen LogP contribution in [0.15, 0.2) is 22.8 Å². The Morgan fingerprint density at radius 2 is 2.11 bits per heavy atom. The van der Waals surface area contributed by atoms with Crippen LogP contribution in [0.4, 0.5) is 4.39 Å². The van der Waals surface area contributed by atoms with Crippen molar-refractivity contribution in [2.75, 3.05) is 20.1 Å². The summed E-state index contributed by atoms with van der Waals surface area (Å²) in [7, 11) is 1.54. The molecular weight excluding hydrogens is 245 g/mol. The first-order chi connectivity index (χ1) is 9.06. The maximum atomic E-state index is 14.3. The van der Waals surface area contributed by atoms with Crippen molar-refractivity contribution in [3.63, 3.8) is 0 Å². The Morgan fingerprint density at radius 1 is 1.47 bits per heavy atom. The molecule has 0 bridgehead atoms. The number of amides is 1. The van der Waals surface area contributed by atoms with E-state index in [1.165, 1.54) is 12.4 Å². The quantitative estimate of drug-likeness (QED) is 0.705. The van der Waals surface area contributed by atoms with E-state index >= 15 is 0 Å². The second-order valence-electron chi connectivity index (χ2n) is 4.76. The number of alkyl halides is 1. The van der Waals surface area contributed by atoms with Crippen LogP contribution in [0.1, 0.15) is 32.6 Å². The second kappa shape index (κ2) is 7.16. The topological polar surface area (TPSA) is 45.0 Å². The van der Waals surface area contributed by atoms with Crippen molar-refractivity contribution in [1.82, 2.24) is 4.90 Å². The number of aliphatic imine (C=N–C) groups is 2. The molecular formula is C14H22FN3O. The predicted octanol–water partition coefficient (Wildman–Crippen LogP) is 2.40. The third-order valence-electron chi connectivity index (χ3n) is 3.41. The molecule has 0 aromatic carbocycles. The molecule has 1 aliphatic heterocycles. The Bertz CT molecular complexity index is 382. The van der Waals surface area contributed by atoms with Crippen molar-refractivity contribution in [1.29, 1.82) is 0 Å². The van der Waals surface area contributed by atoms with Gasteiger partial charge in [-0.25, -0.2) is 4.39 Å². The molecule has 1 amide bonds. The Morgan fingerprint density at radius 3 is 2.58 bits per heavy atom. The van der Waals surface area contributed by atoms with Gasteiger partial charge in [-0.2, -0.15) is 0 Å². The minimum Gasteiger partial charge on any atom is -0.337 e. The highest BCUT2D eigenvalue weighted by Crippen LogP contribution is 2.31. The minimum absolute atomic E-state index is 0.188. The summed E-state index contributed by atoms with van der Waals surface area (Å²) in [5.74, 6) is -0.188. The monoisotopic (exact) mass is 267 g/mol. The molecule has 0 atom stereocenters. The number of rotatable bonds is 5. The zero-order chi connectivity index (χ0) is 14.3. The summed E-state index contributed by atoms with van der Waals surface area (Å²) < 4.78 is 14.3. The lowest BCUT2D eigenvalue weighted by Crippen LogP contribution is -2.47. The highest BCUT2D eigenvalue weighted by atomic mass is 19.1. The van der Waals surface area contributed by atoms with E-state index in [1.54, 1.807) is 11.9 Å². The molecule has 4 nitrogen and oxygen atoms in total. The van der Waals surface area contributed by atoms with Crippen LogP contribution in [-0.2, 0) is 4.79 Å². The number of carbonyl (C=O) groups is 1. The average molecular weight is 267 g/mol. The molecule has 19 heavy (non-hydrogen) atoms. The first-order valence-electron chi connectivity index (χ1n) is 6.65. The number of likely N-dealkylation sites (tertiary alicyclic amines) is 1. The predicted molar refractivity (Wildman–Crippen MR) is 76.6 cm³/mol. The third-order valence-corrected chi connectivity index (χ3v) is 3.41. The standard InChI is InChI=1S/C14H22FN3O/c1-4-6-14(15)7-9-18(10-8-14)13(19)12(16-3)11-17-5-2/h5,11H,2,4,6-10H2,1,3H3. The van der Waals surface area contributed by atoms with E-state index in [0.717, 1.165) is 6.42 Å². The van der Waals surface area contributed by atoms with Gasteiger partial charge in [0, 0.05) is 26.3 Å². The van der Waals surface area contributed by atoms with Crippen LogP contribution in [0.2, 0.25) is 0 Å². The van der Waals surface area contributed by atoms with Crippen LogP contribution in [0, 0.1) is 0 Å². The molecule has 0 unspecified atom stereocenters. The maximum Gasteiger partial charge on any atom is 0.273 e. The van der Waals surface area contributed by atoms with Gasteiger partial charge in [-0.15, -0.1) is 0 Å². The van der Waals surface area contributed by atoms with E-state index < -0.39 is 5.67 Å². The van der Waals surface area contributed by atoms with Crippen LogP contribution in [0.5, 0.6) is 0 Å². The van der Waals surface area contributed by atoms with E-state index in [2.05, 4.69) is 16.6 Å². The summed E-state index contributed by atoms with van der Waals surface area (Å²) >= 11 is 0. The van der Waals surface area contributed by atoms with Gasteiger partial charge in [0.25, 0.3) is 5.91 Å². The lowest BCUT2D eigenvalue weighted by molar-refractivity contribution is -0.126. The fourth-order valence-corrected chi connectivity index (χ4v) is 2.30. The normalized spacial score (nSPS) is 19.7. The number of hydrogen-bond acceptors (Lipinski definition) is 3. The van der Waals surface area contributed by atoms with Crippen LogP contribution in [-0.4, -0.2) is 48.5 Å². The summed E-state index contributed by atoms with van der Waals surface area (Å²) in [6.45, 7) is 6.31. The molecule has 0 spiro atoms. The third kappa shape index (κ3) is 4.26. The van der Waals surface area contributed by atoms with Crippen molar-refractivity contribution >= 4 is 17.8 Å². The van der Waals surface area contributed by atoms with Crippen molar-refractivity contribution in [3.8, 4) is 0 Å². The molecule has 1 rings (SSSR count). The minimum atomic E-state index is -1.11. The highest BCUT2D eigenvalue weighted by Gasteiger charge is 2.35. The summed E-state index contributed by atoms with van der Waals surface area (Å²) in [6, 6.07) is 0. The van der Waals surface area contributed by atoms with Crippen molar-refractivity contribution in [2.24, 2.45) is 9.98 Å².